The highest BCUT2D eigenvalue weighted by Crippen LogP contribution is 2.23. The number of nitrogens with one attached hydrogen (secondary N) is 1. The number of hydrogen-bond acceptors (Lipinski definition) is 4. The number of carbonyl (C=O) groups excluding carboxylic acids is 1. The van der Waals surface area contributed by atoms with Gasteiger partial charge in [0.25, 0.3) is 0 Å². The van der Waals surface area contributed by atoms with Crippen LogP contribution in [0.5, 0.6) is 11.5 Å². The molecular weight excluding hydrogens is 303 g/mol. The van der Waals surface area contributed by atoms with E-state index in [1.807, 2.05) is 0 Å². The minimum absolute atomic E-state index is 0.0823. The second-order valence-electron chi connectivity index (χ2n) is 4.46. The molecule has 22 heavy (non-hydrogen) atoms. The highest BCUT2D eigenvalue weighted by atomic mass is 19.4. The number of carbonyl (C=O) groups is 1. The second-order valence-corrected chi connectivity index (χ2v) is 4.46. The van der Waals surface area contributed by atoms with E-state index in [2.05, 4.69) is 10.1 Å². The summed E-state index contributed by atoms with van der Waals surface area (Å²) in [5, 5.41) is 2.49. The molecule has 0 fully saturated rings. The molecule has 1 rings (SSSR count). The van der Waals surface area contributed by atoms with Crippen LogP contribution in [0.4, 0.5) is 13.2 Å². The first-order valence-corrected chi connectivity index (χ1v) is 6.43. The Labute approximate surface area is 126 Å². The molecule has 0 heterocycles. The predicted octanol–water partition coefficient (Wildman–Crippen LogP) is 2.29. The maximum Gasteiger partial charge on any atom is 0.411 e. The molecule has 0 saturated carbocycles. The Hall–Kier alpha value is -1.96. The monoisotopic (exact) mass is 321 g/mol. The van der Waals surface area contributed by atoms with E-state index in [1.165, 1.54) is 21.1 Å². The van der Waals surface area contributed by atoms with Crippen molar-refractivity contribution in [1.82, 2.24) is 5.32 Å². The molecule has 0 bridgehead atoms. The molecule has 0 spiro atoms. The van der Waals surface area contributed by atoms with Crippen molar-refractivity contribution in [2.75, 3.05) is 20.8 Å². The first-order chi connectivity index (χ1) is 10.3. The highest BCUT2D eigenvalue weighted by molar-refractivity contribution is 5.80. The van der Waals surface area contributed by atoms with Crippen molar-refractivity contribution in [2.24, 2.45) is 0 Å². The maximum atomic E-state index is 12.0. The topological polar surface area (TPSA) is 56.8 Å². The van der Waals surface area contributed by atoms with Crippen molar-refractivity contribution in [1.29, 1.82) is 0 Å². The van der Waals surface area contributed by atoms with Crippen molar-refractivity contribution in [3.8, 4) is 11.5 Å². The van der Waals surface area contributed by atoms with E-state index in [-0.39, 0.29) is 6.54 Å². The molecule has 1 atom stereocenters. The predicted molar refractivity (Wildman–Crippen MR) is 72.9 cm³/mol. The van der Waals surface area contributed by atoms with Gasteiger partial charge >= 0.3 is 6.18 Å². The van der Waals surface area contributed by atoms with Gasteiger partial charge in [-0.3, -0.25) is 4.79 Å². The maximum absolute atomic E-state index is 12.0. The van der Waals surface area contributed by atoms with Crippen LogP contribution in [-0.4, -0.2) is 39.0 Å². The zero-order valence-electron chi connectivity index (χ0n) is 12.5. The number of ether oxygens (including phenoxy) is 3. The van der Waals surface area contributed by atoms with Gasteiger partial charge in [-0.1, -0.05) is 0 Å². The zero-order valence-corrected chi connectivity index (χ0v) is 12.5. The second kappa shape index (κ2) is 7.88. The van der Waals surface area contributed by atoms with E-state index >= 15 is 0 Å². The van der Waals surface area contributed by atoms with E-state index in [4.69, 9.17) is 9.47 Å². The summed E-state index contributed by atoms with van der Waals surface area (Å²) in [4.78, 5) is 11.7. The molecule has 0 aliphatic rings. The third-order valence-electron chi connectivity index (χ3n) is 2.81. The zero-order chi connectivity index (χ0) is 16.8. The van der Waals surface area contributed by atoms with Gasteiger partial charge in [0.2, 0.25) is 5.91 Å². The van der Waals surface area contributed by atoms with E-state index < -0.39 is 24.8 Å². The van der Waals surface area contributed by atoms with Crippen LogP contribution in [0.2, 0.25) is 0 Å². The van der Waals surface area contributed by atoms with Crippen molar-refractivity contribution >= 4 is 5.91 Å². The summed E-state index contributed by atoms with van der Waals surface area (Å²) in [5.74, 6) is 0.463. The van der Waals surface area contributed by atoms with Crippen LogP contribution in [0.3, 0.4) is 0 Å². The van der Waals surface area contributed by atoms with Gasteiger partial charge in [-0.2, -0.15) is 13.2 Å². The third-order valence-corrected chi connectivity index (χ3v) is 2.81. The first kappa shape index (κ1) is 18.1. The number of alkyl halides is 3. The van der Waals surface area contributed by atoms with Gasteiger partial charge in [-0.05, 0) is 25.1 Å². The SMILES string of the molecule is COc1ccc(OC)c(CNC(=O)C(C)OCC(F)(F)F)c1. The highest BCUT2D eigenvalue weighted by Gasteiger charge is 2.29. The van der Waals surface area contributed by atoms with Crippen LogP contribution in [0.25, 0.3) is 0 Å². The molecule has 5 nitrogen and oxygen atoms in total. The van der Waals surface area contributed by atoms with Gasteiger partial charge in [0, 0.05) is 12.1 Å². The Bertz CT molecular complexity index is 505. The molecule has 1 N–H and O–H groups in total. The minimum atomic E-state index is -4.47. The Balaban J connectivity index is 2.59. The Morgan fingerprint density at radius 1 is 1.27 bits per heavy atom. The quantitative estimate of drug-likeness (QED) is 0.837. The summed E-state index contributed by atoms with van der Waals surface area (Å²) in [6.45, 7) is -0.132. The molecule has 0 aromatic heterocycles. The molecule has 0 aliphatic heterocycles. The lowest BCUT2D eigenvalue weighted by molar-refractivity contribution is -0.185. The number of benzene rings is 1. The summed E-state index contributed by atoms with van der Waals surface area (Å²) < 4.78 is 50.8. The third kappa shape index (κ3) is 5.80. The van der Waals surface area contributed by atoms with Gasteiger partial charge in [-0.25, -0.2) is 0 Å². The van der Waals surface area contributed by atoms with E-state index in [0.29, 0.717) is 17.1 Å². The number of halogens is 3. The molecule has 8 heteroatoms. The Kier molecular flexibility index (Phi) is 6.48. The van der Waals surface area contributed by atoms with Gasteiger partial charge in [-0.15, -0.1) is 0 Å². The molecule has 0 radical (unpaired) electrons. The largest absolute Gasteiger partial charge is 0.497 e. The van der Waals surface area contributed by atoms with Gasteiger partial charge in [0.1, 0.15) is 24.2 Å². The fourth-order valence-corrected chi connectivity index (χ4v) is 1.64. The number of methoxy groups -OCH3 is 2. The normalized spacial score (nSPS) is 12.6. The number of rotatable bonds is 7. The average molecular weight is 321 g/mol. The van der Waals surface area contributed by atoms with Crippen LogP contribution in [0, 0.1) is 0 Å². The van der Waals surface area contributed by atoms with Crippen LogP contribution >= 0.6 is 0 Å². The average Bonchev–Trinajstić information content (AvgIpc) is 2.48. The van der Waals surface area contributed by atoms with E-state index in [0.717, 1.165) is 0 Å². The van der Waals surface area contributed by atoms with E-state index in [1.54, 1.807) is 18.2 Å². The summed E-state index contributed by atoms with van der Waals surface area (Å²) in [5.41, 5.74) is 0.637. The smallest absolute Gasteiger partial charge is 0.411 e. The number of amides is 1. The lowest BCUT2D eigenvalue weighted by Crippen LogP contribution is -2.36. The summed E-state index contributed by atoms with van der Waals surface area (Å²) in [7, 11) is 2.97. The molecule has 1 aromatic rings. The molecule has 0 aliphatic carbocycles. The van der Waals surface area contributed by atoms with Gasteiger partial charge in [0.05, 0.1) is 14.2 Å². The molecule has 1 aromatic carbocycles. The first-order valence-electron chi connectivity index (χ1n) is 6.43. The van der Waals surface area contributed by atoms with Crippen molar-refractivity contribution in [2.45, 2.75) is 25.7 Å². The molecule has 1 amide bonds. The lowest BCUT2D eigenvalue weighted by Gasteiger charge is -2.16. The van der Waals surface area contributed by atoms with Crippen LogP contribution in [0.15, 0.2) is 18.2 Å². The molecule has 0 saturated heterocycles. The van der Waals surface area contributed by atoms with E-state index in [9.17, 15) is 18.0 Å². The minimum Gasteiger partial charge on any atom is -0.497 e. The van der Waals surface area contributed by atoms with Crippen molar-refractivity contribution < 1.29 is 32.2 Å². The standard InChI is InChI=1S/C14H18F3NO4/c1-9(22-8-14(15,16)17)13(19)18-7-10-6-11(20-2)4-5-12(10)21-3/h4-6,9H,7-8H2,1-3H3,(H,18,19). The Morgan fingerprint density at radius 2 is 1.95 bits per heavy atom. The Morgan fingerprint density at radius 3 is 2.50 bits per heavy atom. The summed E-state index contributed by atoms with van der Waals surface area (Å²) >= 11 is 0. The van der Waals surface area contributed by atoms with Gasteiger partial charge in [0.15, 0.2) is 0 Å². The summed E-state index contributed by atoms with van der Waals surface area (Å²) in [6, 6.07) is 5.03. The number of hydrogen-bond donors (Lipinski definition) is 1. The summed E-state index contributed by atoms with van der Waals surface area (Å²) in [6.07, 6.45) is -5.68. The molecule has 124 valence electrons. The van der Waals surface area contributed by atoms with Crippen LogP contribution in [0.1, 0.15) is 12.5 Å². The van der Waals surface area contributed by atoms with Crippen LogP contribution in [-0.2, 0) is 16.1 Å². The lowest BCUT2D eigenvalue weighted by atomic mass is 10.2. The molecular formula is C14H18F3NO4. The fraction of sp³-hybridized carbons (Fsp3) is 0.500. The van der Waals surface area contributed by atoms with Crippen molar-refractivity contribution in [3.63, 3.8) is 0 Å². The fourth-order valence-electron chi connectivity index (χ4n) is 1.64. The molecule has 1 unspecified atom stereocenters. The van der Waals surface area contributed by atoms with Crippen LogP contribution < -0.4 is 14.8 Å². The van der Waals surface area contributed by atoms with Crippen molar-refractivity contribution in [3.05, 3.63) is 23.8 Å². The van der Waals surface area contributed by atoms with Gasteiger partial charge < -0.3 is 19.5 Å².